The number of aryl methyl sites for hydroxylation is 1. The minimum absolute atomic E-state index is 0.0557. The van der Waals surface area contributed by atoms with Gasteiger partial charge in [0.2, 0.25) is 0 Å². The third-order valence-electron chi connectivity index (χ3n) is 6.82. The minimum atomic E-state index is 0.0557. The summed E-state index contributed by atoms with van der Waals surface area (Å²) in [4.78, 5) is 21.3. The lowest BCUT2D eigenvalue weighted by Crippen LogP contribution is -2.27. The zero-order valence-electron chi connectivity index (χ0n) is 20.1. The van der Waals surface area contributed by atoms with E-state index < -0.39 is 0 Å². The van der Waals surface area contributed by atoms with Crippen LogP contribution in [-0.4, -0.2) is 16.7 Å². The quantitative estimate of drug-likeness (QED) is 0.225. The molecule has 0 saturated carbocycles. The summed E-state index contributed by atoms with van der Waals surface area (Å²) in [6.07, 6.45) is 3.13. The molecule has 34 heavy (non-hydrogen) atoms. The lowest BCUT2D eigenvalue weighted by atomic mass is 9.72. The third kappa shape index (κ3) is 4.41. The molecule has 0 saturated heterocycles. The minimum Gasteiger partial charge on any atom is -0.497 e. The Balaban J connectivity index is 1.59. The van der Waals surface area contributed by atoms with Crippen LogP contribution in [0.5, 0.6) is 5.75 Å². The first kappa shape index (κ1) is 23.2. The molecule has 0 aliphatic heterocycles. The molecule has 0 N–H and O–H groups in total. The molecule has 2 heterocycles. The molecule has 2 aromatic heterocycles. The number of hydrogen-bond acceptors (Lipinski definition) is 5. The summed E-state index contributed by atoms with van der Waals surface area (Å²) >= 11 is 3.33. The molecule has 4 aromatic rings. The monoisotopic (exact) mass is 490 g/mol. The predicted molar refractivity (Wildman–Crippen MR) is 143 cm³/mol. The van der Waals surface area contributed by atoms with E-state index >= 15 is 0 Å². The molecule has 1 aliphatic rings. The van der Waals surface area contributed by atoms with Crippen LogP contribution < -0.4 is 10.3 Å². The molecule has 0 spiro atoms. The summed E-state index contributed by atoms with van der Waals surface area (Å²) < 4.78 is 7.08. The van der Waals surface area contributed by atoms with Crippen molar-refractivity contribution in [3.05, 3.63) is 81.0 Å². The van der Waals surface area contributed by atoms with Crippen LogP contribution in [0.15, 0.2) is 64.5 Å². The molecule has 1 aliphatic carbocycles. The molecule has 6 heteroatoms. The van der Waals surface area contributed by atoms with E-state index in [1.807, 2.05) is 42.5 Å². The number of thioether (sulfide) groups is 1. The number of rotatable bonds is 5. The van der Waals surface area contributed by atoms with Crippen LogP contribution in [0.4, 0.5) is 0 Å². The van der Waals surface area contributed by atoms with Gasteiger partial charge in [-0.15, -0.1) is 11.3 Å². The zero-order chi connectivity index (χ0) is 23.9. The third-order valence-corrected chi connectivity index (χ3v) is 8.98. The Morgan fingerprint density at radius 1 is 1.12 bits per heavy atom. The van der Waals surface area contributed by atoms with Crippen molar-refractivity contribution >= 4 is 33.3 Å². The van der Waals surface area contributed by atoms with Crippen LogP contribution in [0.2, 0.25) is 0 Å². The second kappa shape index (κ2) is 9.23. The van der Waals surface area contributed by atoms with Gasteiger partial charge in [0.25, 0.3) is 5.56 Å². The van der Waals surface area contributed by atoms with Gasteiger partial charge in [0, 0.05) is 10.6 Å². The van der Waals surface area contributed by atoms with Gasteiger partial charge in [-0.1, -0.05) is 62.9 Å². The van der Waals surface area contributed by atoms with Crippen molar-refractivity contribution in [3.8, 4) is 11.4 Å². The van der Waals surface area contributed by atoms with Gasteiger partial charge in [-0.05, 0) is 66.0 Å². The van der Waals surface area contributed by atoms with Gasteiger partial charge >= 0.3 is 0 Å². The van der Waals surface area contributed by atoms with E-state index in [1.165, 1.54) is 16.0 Å². The van der Waals surface area contributed by atoms with E-state index in [9.17, 15) is 4.79 Å². The highest BCUT2D eigenvalue weighted by Gasteiger charge is 2.32. The van der Waals surface area contributed by atoms with Crippen molar-refractivity contribution < 1.29 is 4.74 Å². The van der Waals surface area contributed by atoms with E-state index in [4.69, 9.17) is 9.72 Å². The summed E-state index contributed by atoms with van der Waals surface area (Å²) in [5.41, 5.74) is 3.58. The number of methoxy groups -OCH3 is 1. The van der Waals surface area contributed by atoms with Crippen LogP contribution in [0.3, 0.4) is 0 Å². The molecule has 176 valence electrons. The highest BCUT2D eigenvalue weighted by Crippen LogP contribution is 2.42. The molecular weight excluding hydrogens is 460 g/mol. The average Bonchev–Trinajstić information content (AvgIpc) is 3.21. The Bertz CT molecular complexity index is 1370. The van der Waals surface area contributed by atoms with Gasteiger partial charge in [0.1, 0.15) is 10.6 Å². The van der Waals surface area contributed by atoms with Crippen LogP contribution in [0, 0.1) is 11.3 Å². The molecule has 4 nitrogen and oxygen atoms in total. The first-order valence-corrected chi connectivity index (χ1v) is 13.5. The molecule has 0 fully saturated rings. The lowest BCUT2D eigenvalue weighted by molar-refractivity contribution is 0.218. The first-order chi connectivity index (χ1) is 16.3. The maximum atomic E-state index is 14.0. The van der Waals surface area contributed by atoms with Crippen molar-refractivity contribution in [2.24, 2.45) is 11.3 Å². The number of nitrogens with zero attached hydrogens (tertiary/aromatic N) is 2. The number of benzene rings is 2. The van der Waals surface area contributed by atoms with E-state index in [1.54, 1.807) is 34.8 Å². The largest absolute Gasteiger partial charge is 0.497 e. The standard InChI is InChI=1S/C28H30N2O2S2/c1-28(2,3)19-12-15-22-23(16-19)34-25-24(22)26(31)30(20-8-6-5-7-9-20)27(29-25)33-17-18-10-13-21(32-4)14-11-18/h5-11,13-14,19H,12,15-17H2,1-4H3/t19-/m1/s1. The van der Waals surface area contributed by atoms with Gasteiger partial charge in [-0.25, -0.2) is 4.98 Å². The van der Waals surface area contributed by atoms with E-state index in [0.29, 0.717) is 5.92 Å². The molecule has 0 unspecified atom stereocenters. The lowest BCUT2D eigenvalue weighted by Gasteiger charge is -2.33. The van der Waals surface area contributed by atoms with Crippen LogP contribution in [-0.2, 0) is 18.6 Å². The van der Waals surface area contributed by atoms with Crippen molar-refractivity contribution in [1.29, 1.82) is 0 Å². The van der Waals surface area contributed by atoms with E-state index in [-0.39, 0.29) is 11.0 Å². The molecule has 5 rings (SSSR count). The maximum Gasteiger partial charge on any atom is 0.267 e. The fourth-order valence-electron chi connectivity index (χ4n) is 4.72. The highest BCUT2D eigenvalue weighted by molar-refractivity contribution is 7.98. The smallest absolute Gasteiger partial charge is 0.267 e. The topological polar surface area (TPSA) is 44.1 Å². The maximum absolute atomic E-state index is 14.0. The normalized spacial score (nSPS) is 15.9. The molecule has 0 bridgehead atoms. The summed E-state index contributed by atoms with van der Waals surface area (Å²) in [6, 6.07) is 18.0. The van der Waals surface area contributed by atoms with Crippen molar-refractivity contribution in [2.75, 3.05) is 7.11 Å². The molecule has 0 amide bonds. The summed E-state index contributed by atoms with van der Waals surface area (Å²) in [5.74, 6) is 2.20. The van der Waals surface area contributed by atoms with Crippen LogP contribution in [0.1, 0.15) is 43.2 Å². The van der Waals surface area contributed by atoms with Gasteiger partial charge in [0.05, 0.1) is 18.2 Å². The Labute approximate surface area is 209 Å². The van der Waals surface area contributed by atoms with Crippen LogP contribution in [0.25, 0.3) is 15.9 Å². The van der Waals surface area contributed by atoms with Gasteiger partial charge in [-0.2, -0.15) is 0 Å². The zero-order valence-corrected chi connectivity index (χ0v) is 21.8. The fourth-order valence-corrected chi connectivity index (χ4v) is 7.03. The number of aromatic nitrogens is 2. The Hall–Kier alpha value is -2.57. The Morgan fingerprint density at radius 3 is 2.53 bits per heavy atom. The average molecular weight is 491 g/mol. The fraction of sp³-hybridized carbons (Fsp3) is 0.357. The van der Waals surface area contributed by atoms with E-state index in [2.05, 4.69) is 32.9 Å². The Morgan fingerprint density at radius 2 is 1.85 bits per heavy atom. The van der Waals surface area contributed by atoms with Gasteiger partial charge in [-0.3, -0.25) is 9.36 Å². The van der Waals surface area contributed by atoms with Crippen LogP contribution >= 0.6 is 23.1 Å². The molecule has 1 atom stereocenters. The number of ether oxygens (including phenoxy) is 1. The molecular formula is C28H30N2O2S2. The van der Waals surface area contributed by atoms with Crippen molar-refractivity contribution in [3.63, 3.8) is 0 Å². The van der Waals surface area contributed by atoms with E-state index in [0.717, 1.165) is 51.8 Å². The van der Waals surface area contributed by atoms with Gasteiger partial charge in [0.15, 0.2) is 5.16 Å². The summed E-state index contributed by atoms with van der Waals surface area (Å²) in [5, 5.41) is 1.57. The summed E-state index contributed by atoms with van der Waals surface area (Å²) in [6.45, 7) is 6.97. The van der Waals surface area contributed by atoms with Crippen molar-refractivity contribution in [1.82, 2.24) is 9.55 Å². The van der Waals surface area contributed by atoms with Gasteiger partial charge < -0.3 is 4.74 Å². The first-order valence-electron chi connectivity index (χ1n) is 11.7. The SMILES string of the molecule is COc1ccc(CSc2nc3sc4c(c3c(=O)n2-c2ccccc2)CC[C@@H](C(C)(C)C)C4)cc1. The number of hydrogen-bond donors (Lipinski definition) is 0. The second-order valence-electron chi connectivity index (χ2n) is 10.00. The highest BCUT2D eigenvalue weighted by atomic mass is 32.2. The second-order valence-corrected chi connectivity index (χ2v) is 12.0. The Kier molecular flexibility index (Phi) is 6.30. The molecule has 2 aromatic carbocycles. The van der Waals surface area contributed by atoms with Crippen molar-refractivity contribution in [2.45, 2.75) is 50.9 Å². The number of thiophene rings is 1. The predicted octanol–water partition coefficient (Wildman–Crippen LogP) is 6.90. The number of fused-ring (bicyclic) bond motifs is 3. The molecule has 0 radical (unpaired) electrons. The summed E-state index contributed by atoms with van der Waals surface area (Å²) in [7, 11) is 1.67. The number of para-hydroxylation sites is 1.